The number of aromatic nitrogens is 2. The van der Waals surface area contributed by atoms with Gasteiger partial charge in [0.1, 0.15) is 5.82 Å². The summed E-state index contributed by atoms with van der Waals surface area (Å²) < 4.78 is 2.07. The molecule has 1 aromatic rings. The van der Waals surface area contributed by atoms with Gasteiger partial charge >= 0.3 is 0 Å². The SMILES string of the molecule is NC(CO)c1nccn1C1CC1. The number of nitrogens with two attached hydrogens (primary N) is 1. The lowest BCUT2D eigenvalue weighted by molar-refractivity contribution is 0.260. The van der Waals surface area contributed by atoms with E-state index in [1.54, 1.807) is 6.20 Å². The first kappa shape index (κ1) is 7.76. The fraction of sp³-hybridized carbons (Fsp3) is 0.625. The third kappa shape index (κ3) is 1.23. The van der Waals surface area contributed by atoms with Crippen molar-refractivity contribution in [3.8, 4) is 0 Å². The molecule has 1 aliphatic carbocycles. The van der Waals surface area contributed by atoms with Crippen molar-refractivity contribution >= 4 is 0 Å². The Kier molecular flexibility index (Phi) is 1.86. The van der Waals surface area contributed by atoms with Gasteiger partial charge in [-0.15, -0.1) is 0 Å². The van der Waals surface area contributed by atoms with Crippen LogP contribution < -0.4 is 5.73 Å². The maximum absolute atomic E-state index is 8.85. The highest BCUT2D eigenvalue weighted by Gasteiger charge is 2.26. The predicted molar refractivity (Wildman–Crippen MR) is 44.5 cm³/mol. The molecular weight excluding hydrogens is 154 g/mol. The molecule has 0 aromatic carbocycles. The van der Waals surface area contributed by atoms with Crippen molar-refractivity contribution in [1.29, 1.82) is 0 Å². The number of aliphatic hydroxyl groups excluding tert-OH is 1. The second-order valence-corrected chi connectivity index (χ2v) is 3.21. The van der Waals surface area contributed by atoms with E-state index in [0.717, 1.165) is 5.82 Å². The molecule has 1 saturated carbocycles. The molecule has 0 aliphatic heterocycles. The van der Waals surface area contributed by atoms with Crippen molar-refractivity contribution < 1.29 is 5.11 Å². The van der Waals surface area contributed by atoms with Crippen LogP contribution in [0.5, 0.6) is 0 Å². The second kappa shape index (κ2) is 2.88. The number of hydrogen-bond donors (Lipinski definition) is 2. The Balaban J connectivity index is 2.23. The quantitative estimate of drug-likeness (QED) is 0.676. The summed E-state index contributed by atoms with van der Waals surface area (Å²) in [5.41, 5.74) is 5.67. The normalized spacial score (nSPS) is 19.5. The molecule has 2 rings (SSSR count). The van der Waals surface area contributed by atoms with Gasteiger partial charge in [-0.25, -0.2) is 4.98 Å². The van der Waals surface area contributed by atoms with E-state index in [-0.39, 0.29) is 12.6 Å². The van der Waals surface area contributed by atoms with Crippen LogP contribution in [0.1, 0.15) is 30.7 Å². The summed E-state index contributed by atoms with van der Waals surface area (Å²) in [5, 5.41) is 8.85. The molecule has 1 aromatic heterocycles. The minimum Gasteiger partial charge on any atom is -0.394 e. The summed E-state index contributed by atoms with van der Waals surface area (Å²) in [5.74, 6) is 0.806. The van der Waals surface area contributed by atoms with Crippen LogP contribution in [0.2, 0.25) is 0 Å². The van der Waals surface area contributed by atoms with Crippen molar-refractivity contribution in [2.45, 2.75) is 24.9 Å². The monoisotopic (exact) mass is 167 g/mol. The van der Waals surface area contributed by atoms with Crippen LogP contribution in [-0.4, -0.2) is 21.3 Å². The smallest absolute Gasteiger partial charge is 0.128 e. The zero-order valence-corrected chi connectivity index (χ0v) is 6.85. The van der Waals surface area contributed by atoms with E-state index in [1.165, 1.54) is 12.8 Å². The summed E-state index contributed by atoms with van der Waals surface area (Å²) in [6, 6.07) is 0.251. The van der Waals surface area contributed by atoms with E-state index in [4.69, 9.17) is 10.8 Å². The minimum absolute atomic E-state index is 0.0380. The fourth-order valence-electron chi connectivity index (χ4n) is 1.35. The second-order valence-electron chi connectivity index (χ2n) is 3.21. The minimum atomic E-state index is -0.333. The molecule has 0 bridgehead atoms. The standard InChI is InChI=1S/C8H13N3O/c9-7(5-12)8-10-3-4-11(8)6-1-2-6/h3-4,6-7,12H,1-2,5,9H2. The predicted octanol–water partition coefficient (Wildman–Crippen LogP) is 0.210. The molecule has 0 spiro atoms. The average Bonchev–Trinajstić information content (AvgIpc) is 2.83. The van der Waals surface area contributed by atoms with Crippen LogP contribution >= 0.6 is 0 Å². The molecule has 12 heavy (non-hydrogen) atoms. The fourth-order valence-corrected chi connectivity index (χ4v) is 1.35. The molecule has 1 unspecified atom stereocenters. The number of hydrogen-bond acceptors (Lipinski definition) is 3. The molecule has 0 amide bonds. The summed E-state index contributed by atoms with van der Waals surface area (Å²) >= 11 is 0. The van der Waals surface area contributed by atoms with E-state index >= 15 is 0 Å². The number of imidazole rings is 1. The van der Waals surface area contributed by atoms with Crippen LogP contribution in [0, 0.1) is 0 Å². The van der Waals surface area contributed by atoms with Gasteiger partial charge in [0.25, 0.3) is 0 Å². The third-order valence-corrected chi connectivity index (χ3v) is 2.17. The van der Waals surface area contributed by atoms with Crippen LogP contribution in [0.25, 0.3) is 0 Å². The lowest BCUT2D eigenvalue weighted by Gasteiger charge is -2.10. The molecule has 4 nitrogen and oxygen atoms in total. The first-order chi connectivity index (χ1) is 5.83. The third-order valence-electron chi connectivity index (χ3n) is 2.17. The van der Waals surface area contributed by atoms with Gasteiger partial charge in [-0.2, -0.15) is 0 Å². The molecule has 0 radical (unpaired) electrons. The molecule has 1 aliphatic rings. The maximum Gasteiger partial charge on any atom is 0.128 e. The Labute approximate surface area is 71.0 Å². The van der Waals surface area contributed by atoms with Crippen LogP contribution in [0.4, 0.5) is 0 Å². The van der Waals surface area contributed by atoms with Gasteiger partial charge in [-0.05, 0) is 12.8 Å². The van der Waals surface area contributed by atoms with E-state index in [1.807, 2.05) is 6.20 Å². The summed E-state index contributed by atoms with van der Waals surface area (Å²) in [6.07, 6.45) is 6.09. The van der Waals surface area contributed by atoms with E-state index in [9.17, 15) is 0 Å². The molecule has 4 heteroatoms. The molecule has 1 heterocycles. The van der Waals surface area contributed by atoms with E-state index < -0.39 is 0 Å². The Morgan fingerprint density at radius 1 is 1.75 bits per heavy atom. The van der Waals surface area contributed by atoms with Crippen molar-refractivity contribution in [2.75, 3.05) is 6.61 Å². The summed E-state index contributed by atoms with van der Waals surface area (Å²) in [7, 11) is 0. The zero-order chi connectivity index (χ0) is 8.55. The number of aliphatic hydroxyl groups is 1. The Hall–Kier alpha value is -0.870. The topological polar surface area (TPSA) is 64.1 Å². The highest BCUT2D eigenvalue weighted by atomic mass is 16.3. The summed E-state index contributed by atoms with van der Waals surface area (Å²) in [4.78, 5) is 4.13. The van der Waals surface area contributed by atoms with Gasteiger partial charge in [0.15, 0.2) is 0 Å². The highest BCUT2D eigenvalue weighted by Crippen LogP contribution is 2.36. The number of rotatable bonds is 3. The molecule has 3 N–H and O–H groups in total. The van der Waals surface area contributed by atoms with Gasteiger partial charge in [-0.1, -0.05) is 0 Å². The van der Waals surface area contributed by atoms with Crippen LogP contribution in [0.15, 0.2) is 12.4 Å². The van der Waals surface area contributed by atoms with Gasteiger partial charge in [-0.3, -0.25) is 0 Å². The van der Waals surface area contributed by atoms with Gasteiger partial charge < -0.3 is 15.4 Å². The van der Waals surface area contributed by atoms with E-state index in [0.29, 0.717) is 6.04 Å². The van der Waals surface area contributed by atoms with Gasteiger partial charge in [0.2, 0.25) is 0 Å². The van der Waals surface area contributed by atoms with Crippen molar-refractivity contribution in [3.63, 3.8) is 0 Å². The van der Waals surface area contributed by atoms with Crippen molar-refractivity contribution in [2.24, 2.45) is 5.73 Å². The Morgan fingerprint density at radius 2 is 2.50 bits per heavy atom. The lowest BCUT2D eigenvalue weighted by atomic mass is 10.3. The zero-order valence-electron chi connectivity index (χ0n) is 6.85. The molecular formula is C8H13N3O. The Bertz CT molecular complexity index is 267. The van der Waals surface area contributed by atoms with Gasteiger partial charge in [0.05, 0.1) is 12.6 Å². The van der Waals surface area contributed by atoms with Crippen LogP contribution in [0.3, 0.4) is 0 Å². The lowest BCUT2D eigenvalue weighted by Crippen LogP contribution is -2.19. The molecule has 0 saturated heterocycles. The molecule has 1 atom stereocenters. The molecule has 66 valence electrons. The van der Waals surface area contributed by atoms with Crippen LogP contribution in [-0.2, 0) is 0 Å². The van der Waals surface area contributed by atoms with Crippen molar-refractivity contribution in [1.82, 2.24) is 9.55 Å². The van der Waals surface area contributed by atoms with Gasteiger partial charge in [0, 0.05) is 18.4 Å². The first-order valence-electron chi connectivity index (χ1n) is 4.22. The largest absolute Gasteiger partial charge is 0.394 e. The molecule has 1 fully saturated rings. The average molecular weight is 167 g/mol. The Morgan fingerprint density at radius 3 is 3.08 bits per heavy atom. The maximum atomic E-state index is 8.85. The first-order valence-corrected chi connectivity index (χ1v) is 4.22. The summed E-state index contributed by atoms with van der Waals surface area (Å²) in [6.45, 7) is -0.0380. The number of nitrogens with zero attached hydrogens (tertiary/aromatic N) is 2. The highest BCUT2D eigenvalue weighted by molar-refractivity contribution is 5.03. The van der Waals surface area contributed by atoms with Crippen molar-refractivity contribution in [3.05, 3.63) is 18.2 Å². The van der Waals surface area contributed by atoms with E-state index in [2.05, 4.69) is 9.55 Å².